The molecule has 8 heteroatoms. The van der Waals surface area contributed by atoms with Gasteiger partial charge in [-0.2, -0.15) is 0 Å². The van der Waals surface area contributed by atoms with Crippen molar-refractivity contribution in [3.8, 4) is 5.82 Å². The zero-order valence-electron chi connectivity index (χ0n) is 10.6. The molecule has 2 aromatic rings. The number of nitrogens with zero attached hydrogens (tertiary/aromatic N) is 3. The number of pyridine rings is 1. The van der Waals surface area contributed by atoms with Gasteiger partial charge >= 0.3 is 5.69 Å². The summed E-state index contributed by atoms with van der Waals surface area (Å²) in [4.78, 5) is 38.3. The van der Waals surface area contributed by atoms with Crippen LogP contribution < -0.4 is 11.2 Å². The minimum Gasteiger partial charge on any atom is -0.301 e. The molecular weight excluding hydrogens is 289 g/mol. The van der Waals surface area contributed by atoms with Crippen LogP contribution in [0.15, 0.2) is 21.7 Å². The largest absolute Gasteiger partial charge is 0.336 e. The molecule has 0 atom stereocenters. The van der Waals surface area contributed by atoms with Gasteiger partial charge in [0.15, 0.2) is 17.9 Å². The van der Waals surface area contributed by atoms with E-state index in [4.69, 9.17) is 11.6 Å². The molecule has 0 spiro atoms. The quantitative estimate of drug-likeness (QED) is 0.770. The highest BCUT2D eigenvalue weighted by Crippen LogP contribution is 2.17. The van der Waals surface area contributed by atoms with Gasteiger partial charge in [0.25, 0.3) is 5.56 Å². The van der Waals surface area contributed by atoms with E-state index in [-0.39, 0.29) is 10.7 Å². The molecule has 2 heterocycles. The highest BCUT2D eigenvalue weighted by atomic mass is 35.5. The lowest BCUT2D eigenvalue weighted by Gasteiger charge is -2.10. The molecule has 0 aliphatic carbocycles. The van der Waals surface area contributed by atoms with Crippen LogP contribution in [0, 0.1) is 12.7 Å². The number of halogens is 2. The molecule has 0 saturated heterocycles. The molecule has 0 amide bonds. The second-order valence-corrected chi connectivity index (χ2v) is 4.49. The fraction of sp³-hybridized carbons (Fsp3) is 0.167. The van der Waals surface area contributed by atoms with E-state index in [1.807, 2.05) is 0 Å². The molecule has 0 saturated carbocycles. The van der Waals surface area contributed by atoms with Gasteiger partial charge in [-0.1, -0.05) is 11.6 Å². The van der Waals surface area contributed by atoms with Crippen molar-refractivity contribution in [2.75, 3.05) is 0 Å². The molecule has 2 rings (SSSR count). The van der Waals surface area contributed by atoms with Crippen molar-refractivity contribution < 1.29 is 9.18 Å². The number of aromatic nitrogens is 3. The fourth-order valence-electron chi connectivity index (χ4n) is 1.64. The van der Waals surface area contributed by atoms with E-state index >= 15 is 0 Å². The summed E-state index contributed by atoms with van der Waals surface area (Å²) in [5.41, 5.74) is -1.34. The topological polar surface area (TPSA) is 74.0 Å². The minimum absolute atomic E-state index is 0.196. The van der Waals surface area contributed by atoms with Crippen LogP contribution in [0.1, 0.15) is 16.2 Å². The number of hydrogen-bond donors (Lipinski definition) is 0. The third-order valence-corrected chi connectivity index (χ3v) is 3.12. The van der Waals surface area contributed by atoms with Crippen molar-refractivity contribution >= 4 is 17.9 Å². The van der Waals surface area contributed by atoms with Gasteiger partial charge in [0.1, 0.15) is 5.69 Å². The Bertz CT molecular complexity index is 826. The Hall–Kier alpha value is -2.28. The van der Waals surface area contributed by atoms with Gasteiger partial charge in [-0.25, -0.2) is 18.7 Å². The SMILES string of the molecule is Cc1cc(=O)n(-c2nc(C=O)c(Cl)cc2F)c(=O)n1C. The highest BCUT2D eigenvalue weighted by molar-refractivity contribution is 6.32. The number of aldehydes is 1. The van der Waals surface area contributed by atoms with Gasteiger partial charge in [0.05, 0.1) is 5.02 Å². The summed E-state index contributed by atoms with van der Waals surface area (Å²) in [6, 6.07) is 2.00. The van der Waals surface area contributed by atoms with E-state index in [1.54, 1.807) is 6.92 Å². The van der Waals surface area contributed by atoms with Crippen molar-refractivity contribution in [3.63, 3.8) is 0 Å². The standard InChI is InChI=1S/C12H9ClFN3O3/c1-6-3-10(19)17(12(20)16(6)2)11-8(14)4-7(13)9(5-18)15-11/h3-5H,1-2H3. The zero-order valence-corrected chi connectivity index (χ0v) is 11.3. The fourth-order valence-corrected chi connectivity index (χ4v) is 1.82. The van der Waals surface area contributed by atoms with E-state index in [2.05, 4.69) is 4.98 Å². The molecule has 0 N–H and O–H groups in total. The maximum atomic E-state index is 13.9. The molecule has 0 aromatic carbocycles. The predicted octanol–water partition coefficient (Wildman–Crippen LogP) is 0.845. The second-order valence-electron chi connectivity index (χ2n) is 4.08. The van der Waals surface area contributed by atoms with Gasteiger partial charge in [0, 0.05) is 18.8 Å². The first-order valence-corrected chi connectivity index (χ1v) is 5.86. The summed E-state index contributed by atoms with van der Waals surface area (Å²) in [5, 5.41) is -0.196. The van der Waals surface area contributed by atoms with Crippen molar-refractivity contribution in [3.05, 3.63) is 55.2 Å². The number of carbonyl (C=O) groups excluding carboxylic acids is 1. The van der Waals surface area contributed by atoms with E-state index < -0.39 is 22.9 Å². The van der Waals surface area contributed by atoms with E-state index in [1.165, 1.54) is 7.05 Å². The van der Waals surface area contributed by atoms with Crippen molar-refractivity contribution in [2.24, 2.45) is 7.05 Å². The van der Waals surface area contributed by atoms with Gasteiger partial charge in [-0.3, -0.25) is 9.59 Å². The van der Waals surface area contributed by atoms with E-state index in [9.17, 15) is 18.8 Å². The van der Waals surface area contributed by atoms with Crippen LogP contribution in [-0.2, 0) is 7.05 Å². The minimum atomic E-state index is -0.969. The first-order chi connectivity index (χ1) is 9.36. The van der Waals surface area contributed by atoms with Crippen molar-refractivity contribution in [1.29, 1.82) is 0 Å². The molecule has 0 fully saturated rings. The molecule has 6 nitrogen and oxygen atoms in total. The third-order valence-electron chi connectivity index (χ3n) is 2.82. The first-order valence-electron chi connectivity index (χ1n) is 5.48. The molecule has 2 aromatic heterocycles. The summed E-state index contributed by atoms with van der Waals surface area (Å²) in [7, 11) is 1.43. The molecule has 0 unspecified atom stereocenters. The molecule has 104 valence electrons. The van der Waals surface area contributed by atoms with Crippen LogP contribution in [-0.4, -0.2) is 20.4 Å². The maximum Gasteiger partial charge on any atom is 0.336 e. The Labute approximate surface area is 117 Å². The number of aryl methyl sites for hydroxylation is 1. The average molecular weight is 298 g/mol. The number of carbonyl (C=O) groups is 1. The Balaban J connectivity index is 2.89. The Morgan fingerprint density at radius 3 is 2.60 bits per heavy atom. The maximum absolute atomic E-state index is 13.9. The number of hydrogen-bond acceptors (Lipinski definition) is 4. The van der Waals surface area contributed by atoms with Crippen molar-refractivity contribution in [1.82, 2.24) is 14.1 Å². The monoisotopic (exact) mass is 297 g/mol. The average Bonchev–Trinajstić information content (AvgIpc) is 2.38. The highest BCUT2D eigenvalue weighted by Gasteiger charge is 2.16. The van der Waals surface area contributed by atoms with E-state index in [0.29, 0.717) is 16.5 Å². The van der Waals surface area contributed by atoms with E-state index in [0.717, 1.165) is 16.7 Å². The van der Waals surface area contributed by atoms with Crippen LogP contribution >= 0.6 is 11.6 Å². The third kappa shape index (κ3) is 2.16. The van der Waals surface area contributed by atoms with Gasteiger partial charge in [-0.15, -0.1) is 0 Å². The molecular formula is C12H9ClFN3O3. The van der Waals surface area contributed by atoms with Gasteiger partial charge in [0.2, 0.25) is 0 Å². The van der Waals surface area contributed by atoms with Gasteiger partial charge in [-0.05, 0) is 13.0 Å². The lowest BCUT2D eigenvalue weighted by molar-refractivity contribution is 0.111. The van der Waals surface area contributed by atoms with Gasteiger partial charge < -0.3 is 4.57 Å². The summed E-state index contributed by atoms with van der Waals surface area (Å²) < 4.78 is 15.6. The molecule has 0 bridgehead atoms. The first kappa shape index (κ1) is 14.1. The van der Waals surface area contributed by atoms with Crippen LogP contribution in [0.25, 0.3) is 5.82 Å². The predicted molar refractivity (Wildman–Crippen MR) is 70.2 cm³/mol. The summed E-state index contributed by atoms with van der Waals surface area (Å²) >= 11 is 5.62. The Kier molecular flexibility index (Phi) is 3.54. The Morgan fingerprint density at radius 2 is 2.00 bits per heavy atom. The van der Waals surface area contributed by atoms with Crippen molar-refractivity contribution in [2.45, 2.75) is 6.92 Å². The number of rotatable bonds is 2. The smallest absolute Gasteiger partial charge is 0.301 e. The van der Waals surface area contributed by atoms with Crippen LogP contribution in [0.3, 0.4) is 0 Å². The molecule has 0 radical (unpaired) electrons. The molecule has 0 aliphatic rings. The Morgan fingerprint density at radius 1 is 1.35 bits per heavy atom. The normalized spacial score (nSPS) is 10.6. The second kappa shape index (κ2) is 5.01. The molecule has 20 heavy (non-hydrogen) atoms. The molecule has 0 aliphatic heterocycles. The summed E-state index contributed by atoms with van der Waals surface area (Å²) in [6.07, 6.45) is 0.314. The lowest BCUT2D eigenvalue weighted by Crippen LogP contribution is -2.39. The van der Waals surface area contributed by atoms with Crippen LogP contribution in [0.4, 0.5) is 4.39 Å². The lowest BCUT2D eigenvalue weighted by atomic mass is 10.3. The zero-order chi connectivity index (χ0) is 15.0. The summed E-state index contributed by atoms with van der Waals surface area (Å²) in [6.45, 7) is 1.57. The van der Waals surface area contributed by atoms with Crippen LogP contribution in [0.2, 0.25) is 5.02 Å². The van der Waals surface area contributed by atoms with Crippen LogP contribution in [0.5, 0.6) is 0 Å². The summed E-state index contributed by atoms with van der Waals surface area (Å²) in [5.74, 6) is -1.52.